The number of fused-ring (bicyclic) bond motifs is 2. The quantitative estimate of drug-likeness (QED) is 0.165. The molecule has 4 aromatic carbocycles. The topological polar surface area (TPSA) is 111 Å². The van der Waals surface area contributed by atoms with Crippen molar-refractivity contribution >= 4 is 29.3 Å². The molecule has 0 aliphatic carbocycles. The van der Waals surface area contributed by atoms with Gasteiger partial charge >= 0.3 is 6.09 Å². The smallest absolute Gasteiger partial charge is 0.415 e. The predicted octanol–water partition coefficient (Wildman–Crippen LogP) is 7.10. The predicted molar refractivity (Wildman–Crippen MR) is 220 cm³/mol. The summed E-state index contributed by atoms with van der Waals surface area (Å²) >= 11 is 0. The van der Waals surface area contributed by atoms with E-state index in [0.717, 1.165) is 58.8 Å². The second kappa shape index (κ2) is 16.0. The molecular weight excluding hydrogens is 705 g/mol. The van der Waals surface area contributed by atoms with E-state index in [0.29, 0.717) is 48.6 Å². The van der Waals surface area contributed by atoms with Gasteiger partial charge in [0.25, 0.3) is 11.8 Å². The zero-order chi connectivity index (χ0) is 39.7. The van der Waals surface area contributed by atoms with Gasteiger partial charge in [0.15, 0.2) is 0 Å². The van der Waals surface area contributed by atoms with Gasteiger partial charge in [-0.3, -0.25) is 9.59 Å². The van der Waals surface area contributed by atoms with Gasteiger partial charge in [0, 0.05) is 92.8 Å². The Morgan fingerprint density at radius 2 is 1.61 bits per heavy atom. The Bertz CT molecular complexity index is 2280. The Morgan fingerprint density at radius 1 is 0.857 bits per heavy atom. The number of amides is 3. The van der Waals surface area contributed by atoms with Crippen LogP contribution in [0, 0.1) is 6.92 Å². The number of aromatic nitrogens is 1. The third-order valence-corrected chi connectivity index (χ3v) is 11.1. The maximum atomic E-state index is 14.9. The normalized spacial score (nSPS) is 14.9. The van der Waals surface area contributed by atoms with Crippen molar-refractivity contribution in [3.63, 3.8) is 0 Å². The fraction of sp³-hybridized carbons (Fsp3) is 0.311. The van der Waals surface area contributed by atoms with Crippen molar-refractivity contribution in [3.8, 4) is 22.8 Å². The molecule has 0 radical (unpaired) electrons. The zero-order valence-electron chi connectivity index (χ0n) is 33.0. The van der Waals surface area contributed by atoms with Crippen LogP contribution in [0.25, 0.3) is 11.3 Å². The average Bonchev–Trinajstić information content (AvgIpc) is 3.49. The highest BCUT2D eigenvalue weighted by atomic mass is 16.6. The molecular formula is C45H50N6O5. The van der Waals surface area contributed by atoms with Gasteiger partial charge in [0.05, 0.1) is 5.56 Å². The fourth-order valence-electron chi connectivity index (χ4n) is 7.67. The monoisotopic (exact) mass is 754 g/mol. The SMILES string of the molecule is Cc1c(C(=O)N(C)c2ccc(O)cc2)cc(-c2cc3c(cc2C(=O)N2Cc4ccccc4C[C@H]2C)CN(C(=O)Oc2cccc(NCCN(C)C)c2)CC3)n1C. The first-order valence-corrected chi connectivity index (χ1v) is 19.1. The summed E-state index contributed by atoms with van der Waals surface area (Å²) in [7, 11) is 7.67. The molecule has 3 heterocycles. The van der Waals surface area contributed by atoms with Crippen LogP contribution in [0.4, 0.5) is 16.2 Å². The fourth-order valence-corrected chi connectivity index (χ4v) is 7.67. The van der Waals surface area contributed by atoms with Crippen molar-refractivity contribution in [2.24, 2.45) is 7.05 Å². The van der Waals surface area contributed by atoms with Crippen molar-refractivity contribution in [2.45, 2.75) is 45.8 Å². The van der Waals surface area contributed by atoms with Crippen molar-refractivity contribution < 1.29 is 24.2 Å². The van der Waals surface area contributed by atoms with Gasteiger partial charge in [-0.1, -0.05) is 30.3 Å². The van der Waals surface area contributed by atoms with Crippen molar-refractivity contribution in [2.75, 3.05) is 51.0 Å². The van der Waals surface area contributed by atoms with Crippen LogP contribution in [0.5, 0.6) is 11.5 Å². The lowest BCUT2D eigenvalue weighted by Crippen LogP contribution is -2.43. The molecule has 2 aliphatic rings. The molecule has 2 aliphatic heterocycles. The number of nitrogens with zero attached hydrogens (tertiary/aromatic N) is 5. The van der Waals surface area contributed by atoms with Crippen LogP contribution in [0.2, 0.25) is 0 Å². The summed E-state index contributed by atoms with van der Waals surface area (Å²) in [5.74, 6) is 0.279. The molecule has 5 aromatic rings. The first-order valence-electron chi connectivity index (χ1n) is 19.1. The molecule has 0 unspecified atom stereocenters. The minimum Gasteiger partial charge on any atom is -0.508 e. The van der Waals surface area contributed by atoms with E-state index in [1.54, 1.807) is 47.2 Å². The number of phenolic OH excluding ortho intramolecular Hbond substituents is 1. The molecule has 7 rings (SSSR count). The molecule has 0 bridgehead atoms. The number of hydrogen-bond acceptors (Lipinski definition) is 7. The molecule has 11 heteroatoms. The molecule has 56 heavy (non-hydrogen) atoms. The molecule has 3 amide bonds. The summed E-state index contributed by atoms with van der Waals surface area (Å²) in [6, 6.07) is 28.0. The van der Waals surface area contributed by atoms with Gasteiger partial charge in [-0.25, -0.2) is 4.79 Å². The zero-order valence-corrected chi connectivity index (χ0v) is 33.0. The number of carbonyl (C=O) groups excluding carboxylic acids is 3. The van der Waals surface area contributed by atoms with Gasteiger partial charge < -0.3 is 39.3 Å². The summed E-state index contributed by atoms with van der Waals surface area (Å²) in [4.78, 5) is 49.7. The van der Waals surface area contributed by atoms with Crippen LogP contribution in [0.15, 0.2) is 91.0 Å². The molecule has 0 saturated heterocycles. The van der Waals surface area contributed by atoms with Crippen LogP contribution in [-0.2, 0) is 33.0 Å². The molecule has 11 nitrogen and oxygen atoms in total. The Labute approximate surface area is 328 Å². The van der Waals surface area contributed by atoms with E-state index in [1.165, 1.54) is 5.56 Å². The van der Waals surface area contributed by atoms with Gasteiger partial charge in [-0.15, -0.1) is 0 Å². The average molecular weight is 755 g/mol. The van der Waals surface area contributed by atoms with E-state index in [4.69, 9.17) is 4.74 Å². The Morgan fingerprint density at radius 3 is 2.36 bits per heavy atom. The number of phenols is 1. The number of benzene rings is 4. The van der Waals surface area contributed by atoms with E-state index >= 15 is 0 Å². The number of ether oxygens (including phenoxy) is 1. The molecule has 1 atom stereocenters. The number of nitrogens with one attached hydrogen (secondary N) is 1. The van der Waals surface area contributed by atoms with E-state index in [1.807, 2.05) is 80.0 Å². The standard InChI is InChI=1S/C45H50N6O5/c1-29-22-31-10-7-8-11-33(31)28-51(29)44(54)41-24-34-27-50(45(55)56-38-13-9-12-35(25-38)46-19-21-47(3)4)20-18-32(34)23-40(41)42-26-39(30(2)48(42)5)43(53)49(6)36-14-16-37(52)17-15-36/h7-17,23-26,29,46,52H,18-22,27-28H2,1-6H3/t29-/m1/s1. The van der Waals surface area contributed by atoms with Crippen LogP contribution >= 0.6 is 0 Å². The molecule has 290 valence electrons. The molecule has 0 saturated carbocycles. The number of hydrogen-bond donors (Lipinski definition) is 2. The lowest BCUT2D eigenvalue weighted by Gasteiger charge is -2.36. The number of rotatable bonds is 9. The molecule has 2 N–H and O–H groups in total. The number of aromatic hydroxyl groups is 1. The van der Waals surface area contributed by atoms with Crippen LogP contribution in [0.3, 0.4) is 0 Å². The summed E-state index contributed by atoms with van der Waals surface area (Å²) < 4.78 is 7.84. The minimum atomic E-state index is -0.446. The van der Waals surface area contributed by atoms with Gasteiger partial charge in [0.2, 0.25) is 0 Å². The Balaban J connectivity index is 1.21. The van der Waals surface area contributed by atoms with Crippen LogP contribution < -0.4 is 15.0 Å². The van der Waals surface area contributed by atoms with Crippen LogP contribution in [0.1, 0.15) is 55.6 Å². The van der Waals surface area contributed by atoms with E-state index < -0.39 is 6.09 Å². The second-order valence-electron chi connectivity index (χ2n) is 15.2. The highest BCUT2D eigenvalue weighted by Gasteiger charge is 2.32. The van der Waals surface area contributed by atoms with E-state index in [2.05, 4.69) is 35.3 Å². The highest BCUT2D eigenvalue weighted by molar-refractivity contribution is 6.08. The molecule has 0 spiro atoms. The van der Waals surface area contributed by atoms with Crippen molar-refractivity contribution in [1.82, 2.24) is 19.3 Å². The van der Waals surface area contributed by atoms with Crippen molar-refractivity contribution in [3.05, 3.63) is 130 Å². The second-order valence-corrected chi connectivity index (χ2v) is 15.2. The summed E-state index contributed by atoms with van der Waals surface area (Å²) in [6.07, 6.45) is 0.877. The first kappa shape index (κ1) is 38.2. The third-order valence-electron chi connectivity index (χ3n) is 11.1. The van der Waals surface area contributed by atoms with Gasteiger partial charge in [-0.05, 0) is 118 Å². The lowest BCUT2D eigenvalue weighted by atomic mass is 9.90. The highest BCUT2D eigenvalue weighted by Crippen LogP contribution is 2.36. The van der Waals surface area contributed by atoms with Crippen LogP contribution in [-0.4, -0.2) is 89.1 Å². The Kier molecular flexibility index (Phi) is 10.9. The maximum absolute atomic E-state index is 14.9. The van der Waals surface area contributed by atoms with E-state index in [9.17, 15) is 19.5 Å². The number of anilines is 2. The van der Waals surface area contributed by atoms with Gasteiger partial charge in [0.1, 0.15) is 11.5 Å². The largest absolute Gasteiger partial charge is 0.508 e. The van der Waals surface area contributed by atoms with Crippen molar-refractivity contribution in [1.29, 1.82) is 0 Å². The van der Waals surface area contributed by atoms with E-state index in [-0.39, 0.29) is 23.6 Å². The number of carbonyl (C=O) groups is 3. The molecule has 1 aromatic heterocycles. The summed E-state index contributed by atoms with van der Waals surface area (Å²) in [5.41, 5.74) is 9.12. The van der Waals surface area contributed by atoms with Gasteiger partial charge in [-0.2, -0.15) is 0 Å². The summed E-state index contributed by atoms with van der Waals surface area (Å²) in [6.45, 7) is 6.85. The third kappa shape index (κ3) is 7.85. The first-order chi connectivity index (χ1) is 26.9. The lowest BCUT2D eigenvalue weighted by molar-refractivity contribution is 0.0658. The number of likely N-dealkylation sites (N-methyl/N-ethyl adjacent to an activating group) is 1. The summed E-state index contributed by atoms with van der Waals surface area (Å²) in [5, 5.41) is 13.2. The maximum Gasteiger partial charge on any atom is 0.415 e. The molecule has 0 fully saturated rings. The minimum absolute atomic E-state index is 0.0351. The Hall–Kier alpha value is -6.07.